The summed E-state index contributed by atoms with van der Waals surface area (Å²) in [6.45, 7) is 0. The number of hydroxylamine groups is 4. The van der Waals surface area contributed by atoms with E-state index in [0.717, 1.165) is 43.8 Å². The summed E-state index contributed by atoms with van der Waals surface area (Å²) < 4.78 is 13.0. The van der Waals surface area contributed by atoms with Gasteiger partial charge in [-0.3, -0.25) is 9.59 Å². The number of hydrogen-bond acceptors (Lipinski definition) is 8. The maximum atomic E-state index is 13.0. The van der Waals surface area contributed by atoms with Crippen LogP contribution in [0.5, 0.6) is 0 Å². The largest absolute Gasteiger partial charge is 0.363 e. The van der Waals surface area contributed by atoms with Crippen LogP contribution in [0.25, 0.3) is 21.5 Å². The molecule has 8 nitrogen and oxygen atoms in total. The lowest BCUT2D eigenvalue weighted by Gasteiger charge is -2.27. The molecule has 49 heavy (non-hydrogen) atoms. The van der Waals surface area contributed by atoms with Crippen molar-refractivity contribution < 1.29 is 33.2 Å². The number of thiocarbonyl (C=S) groups is 2. The minimum Gasteiger partial charge on any atom is -0.327 e. The Morgan fingerprint density at radius 3 is 1.31 bits per heavy atom. The first-order valence-corrected chi connectivity index (χ1v) is 15.6. The van der Waals surface area contributed by atoms with E-state index in [1.54, 1.807) is 60.7 Å². The Balaban J connectivity index is 0.000000154. The van der Waals surface area contributed by atoms with Gasteiger partial charge in [0.15, 0.2) is 9.98 Å². The lowest BCUT2D eigenvalue weighted by atomic mass is 9.95. The van der Waals surface area contributed by atoms with E-state index < -0.39 is 29.6 Å². The van der Waals surface area contributed by atoms with Crippen LogP contribution in [-0.4, -0.2) is 43.9 Å². The third-order valence-electron chi connectivity index (χ3n) is 7.91. The second-order valence-corrected chi connectivity index (χ2v) is 11.6. The zero-order valence-corrected chi connectivity index (χ0v) is 26.8. The van der Waals surface area contributed by atoms with Crippen molar-refractivity contribution in [3.8, 4) is 0 Å². The topological polar surface area (TPSA) is 93.2 Å². The summed E-state index contributed by atoms with van der Waals surface area (Å²) in [5, 5.41) is 5.07. The van der Waals surface area contributed by atoms with E-state index in [0.29, 0.717) is 27.8 Å². The zero-order valence-electron chi connectivity index (χ0n) is 25.2. The first-order chi connectivity index (χ1) is 23.7. The van der Waals surface area contributed by atoms with Gasteiger partial charge >= 0.3 is 11.9 Å². The second kappa shape index (κ2) is 12.8. The summed E-state index contributed by atoms with van der Waals surface area (Å²) in [5.74, 6) is -2.83. The summed E-state index contributed by atoms with van der Waals surface area (Å²) >= 11 is 10.7. The molecule has 0 radical (unpaired) electrons. The number of halogens is 1. The Morgan fingerprint density at radius 2 is 0.878 bits per heavy atom. The zero-order chi connectivity index (χ0) is 34.2. The lowest BCUT2D eigenvalue weighted by Crippen LogP contribution is -2.41. The fourth-order valence-corrected chi connectivity index (χ4v) is 6.19. The minimum absolute atomic E-state index is 0.116. The van der Waals surface area contributed by atoms with Crippen molar-refractivity contribution >= 4 is 79.7 Å². The van der Waals surface area contributed by atoms with E-state index >= 15 is 0 Å². The Hall–Kier alpha value is -6.17. The maximum Gasteiger partial charge on any atom is 0.363 e. The summed E-state index contributed by atoms with van der Waals surface area (Å²) in [4.78, 5) is 60.8. The number of hydrogen-bond donors (Lipinski definition) is 0. The Bertz CT molecular complexity index is 2280. The SMILES string of the molecule is O=C(ON1C(=O)c2cccc3cccc(c23)C1=S)c1ccc(F)cc1.O=C(ON1C(=O)c2cccc3cccc(c23)C1=S)c1ccccc1. The van der Waals surface area contributed by atoms with Crippen LogP contribution in [0.15, 0.2) is 127 Å². The highest BCUT2D eigenvalue weighted by atomic mass is 32.1. The average molecular weight is 685 g/mol. The van der Waals surface area contributed by atoms with Crippen molar-refractivity contribution in [1.29, 1.82) is 0 Å². The number of carbonyl (C=O) groups excluding carboxylic acids is 4. The molecule has 11 heteroatoms. The summed E-state index contributed by atoms with van der Waals surface area (Å²) in [6.07, 6.45) is 0. The average Bonchev–Trinajstić information content (AvgIpc) is 3.13. The van der Waals surface area contributed by atoms with Gasteiger partial charge in [0.05, 0.1) is 22.3 Å². The van der Waals surface area contributed by atoms with Crippen LogP contribution in [0.3, 0.4) is 0 Å². The minimum atomic E-state index is -0.790. The number of nitrogens with zero attached hydrogens (tertiary/aromatic N) is 2. The molecule has 0 spiro atoms. The van der Waals surface area contributed by atoms with Gasteiger partial charge in [-0.15, -0.1) is 10.1 Å². The molecule has 0 aliphatic carbocycles. The van der Waals surface area contributed by atoms with Gasteiger partial charge in [-0.25, -0.2) is 14.0 Å². The molecule has 2 amide bonds. The number of benzene rings is 6. The summed E-state index contributed by atoms with van der Waals surface area (Å²) in [5.41, 5.74) is 2.71. The van der Waals surface area contributed by atoms with Gasteiger partial charge < -0.3 is 9.68 Å². The van der Waals surface area contributed by atoms with Crippen LogP contribution in [0, 0.1) is 5.82 Å². The molecule has 0 fully saturated rings. The fourth-order valence-electron chi connectivity index (χ4n) is 5.61. The number of carbonyl (C=O) groups is 4. The maximum absolute atomic E-state index is 13.0. The van der Waals surface area contributed by atoms with Crippen LogP contribution in [0.2, 0.25) is 0 Å². The molecule has 6 aromatic carbocycles. The fraction of sp³-hybridized carbons (Fsp3) is 0. The van der Waals surface area contributed by atoms with Crippen LogP contribution in [0.1, 0.15) is 52.6 Å². The molecule has 8 rings (SSSR count). The molecule has 0 unspecified atom stereocenters. The van der Waals surface area contributed by atoms with Gasteiger partial charge in [0, 0.05) is 21.9 Å². The molecule has 0 atom stereocenters. The molecule has 0 saturated heterocycles. The molecular weight excluding hydrogens is 664 g/mol. The van der Waals surface area contributed by atoms with Gasteiger partial charge in [0.2, 0.25) is 0 Å². The van der Waals surface area contributed by atoms with Crippen molar-refractivity contribution in [3.63, 3.8) is 0 Å². The van der Waals surface area contributed by atoms with E-state index in [-0.39, 0.29) is 15.5 Å². The van der Waals surface area contributed by atoms with E-state index in [2.05, 4.69) is 0 Å². The molecule has 238 valence electrons. The van der Waals surface area contributed by atoms with Gasteiger partial charge in [-0.1, -0.05) is 103 Å². The quantitative estimate of drug-likeness (QED) is 0.175. The van der Waals surface area contributed by atoms with Crippen molar-refractivity contribution in [2.45, 2.75) is 0 Å². The van der Waals surface area contributed by atoms with E-state index in [4.69, 9.17) is 34.1 Å². The molecule has 6 aromatic rings. The van der Waals surface area contributed by atoms with Crippen molar-refractivity contribution in [2.75, 3.05) is 0 Å². The Kier molecular flexibility index (Phi) is 8.21. The molecular formula is C38H21FN2O6S2. The number of amides is 2. The highest BCUT2D eigenvalue weighted by Crippen LogP contribution is 2.32. The molecule has 0 saturated carbocycles. The van der Waals surface area contributed by atoms with E-state index in [9.17, 15) is 23.6 Å². The molecule has 0 N–H and O–H groups in total. The van der Waals surface area contributed by atoms with Gasteiger partial charge in [-0.05, 0) is 59.3 Å². The highest BCUT2D eigenvalue weighted by molar-refractivity contribution is 7.81. The van der Waals surface area contributed by atoms with E-state index in [1.165, 1.54) is 12.1 Å². The van der Waals surface area contributed by atoms with Crippen LogP contribution in [0.4, 0.5) is 4.39 Å². The number of rotatable bonds is 4. The summed E-state index contributed by atoms with van der Waals surface area (Å²) in [6, 6.07) is 35.2. The Labute approximate surface area is 288 Å². The molecule has 2 aliphatic heterocycles. The lowest BCUT2D eigenvalue weighted by molar-refractivity contribution is -0.0382. The van der Waals surface area contributed by atoms with E-state index in [1.807, 2.05) is 42.5 Å². The molecule has 2 aliphatic rings. The standard InChI is InChI=1S/C19H10FNO3S.C19H11NO3S/c20-13-9-7-12(8-10-13)19(23)24-21-17(22)14-5-1-3-11-4-2-6-15(16(11)14)18(21)25;21-17-14-10-4-8-12-9-5-11-15(16(12)14)18(24)20(17)23-19(22)13-6-2-1-3-7-13/h1-10H;1-11H. The smallest absolute Gasteiger partial charge is 0.327 e. The third-order valence-corrected chi connectivity index (χ3v) is 8.68. The molecule has 0 bridgehead atoms. The van der Waals surface area contributed by atoms with Crippen LogP contribution < -0.4 is 0 Å². The first-order valence-electron chi connectivity index (χ1n) is 14.8. The van der Waals surface area contributed by atoms with Crippen LogP contribution in [-0.2, 0) is 9.68 Å². The van der Waals surface area contributed by atoms with Crippen molar-refractivity contribution in [1.82, 2.24) is 10.1 Å². The van der Waals surface area contributed by atoms with Crippen molar-refractivity contribution in [3.05, 3.63) is 167 Å². The monoisotopic (exact) mass is 684 g/mol. The van der Waals surface area contributed by atoms with Gasteiger partial charge in [0.1, 0.15) is 5.82 Å². The molecule has 0 aromatic heterocycles. The predicted molar refractivity (Wildman–Crippen MR) is 187 cm³/mol. The summed E-state index contributed by atoms with van der Waals surface area (Å²) in [7, 11) is 0. The highest BCUT2D eigenvalue weighted by Gasteiger charge is 2.35. The van der Waals surface area contributed by atoms with Gasteiger partial charge in [-0.2, -0.15) is 0 Å². The first kappa shape index (κ1) is 31.4. The Morgan fingerprint density at radius 1 is 0.490 bits per heavy atom. The normalized spacial score (nSPS) is 13.2. The van der Waals surface area contributed by atoms with Crippen LogP contribution >= 0.6 is 24.4 Å². The van der Waals surface area contributed by atoms with Crippen molar-refractivity contribution in [2.24, 2.45) is 0 Å². The predicted octanol–water partition coefficient (Wildman–Crippen LogP) is 7.63. The molecule has 2 heterocycles. The second-order valence-electron chi connectivity index (χ2n) is 10.9. The van der Waals surface area contributed by atoms with Gasteiger partial charge in [0.25, 0.3) is 11.8 Å². The third kappa shape index (κ3) is 5.71.